The quantitative estimate of drug-likeness (QED) is 0.481. The van der Waals surface area contributed by atoms with Crippen molar-refractivity contribution < 1.29 is 14.8 Å². The maximum atomic E-state index is 10.4. The van der Waals surface area contributed by atoms with Gasteiger partial charge in [0.2, 0.25) is 0 Å². The molecule has 0 aromatic heterocycles. The summed E-state index contributed by atoms with van der Waals surface area (Å²) in [4.78, 5) is 0. The van der Waals surface area contributed by atoms with E-state index in [4.69, 9.17) is 4.65 Å². The third-order valence-corrected chi connectivity index (χ3v) is 4.22. The molecule has 4 nitrogen and oxygen atoms in total. The Labute approximate surface area is 135 Å². The van der Waals surface area contributed by atoms with Crippen molar-refractivity contribution in [3.63, 3.8) is 0 Å². The van der Waals surface area contributed by atoms with Gasteiger partial charge in [-0.3, -0.25) is 0 Å². The molecule has 0 atom stereocenters. The molecule has 1 rings (SSSR count). The highest BCUT2D eigenvalue weighted by molar-refractivity contribution is 6.60. The summed E-state index contributed by atoms with van der Waals surface area (Å²) in [5, 5.41) is 24.0. The standard InChI is InChI=1S/C17H30BNO3/c1-6-7-12-19-13-14-10-8-9-11-15(14)18(21)22-17(4,5)16(2,3)20/h8-11,19-21H,6-7,12-13H2,1-5H3. The van der Waals surface area contributed by atoms with Gasteiger partial charge in [0, 0.05) is 6.54 Å². The Morgan fingerprint density at radius 2 is 1.82 bits per heavy atom. The van der Waals surface area contributed by atoms with E-state index in [0.29, 0.717) is 6.54 Å². The molecule has 124 valence electrons. The minimum atomic E-state index is -1.06. The van der Waals surface area contributed by atoms with Crippen LogP contribution in [-0.2, 0) is 11.2 Å². The van der Waals surface area contributed by atoms with E-state index >= 15 is 0 Å². The topological polar surface area (TPSA) is 61.7 Å². The Kier molecular flexibility index (Phi) is 7.07. The summed E-state index contributed by atoms with van der Waals surface area (Å²) in [6.07, 6.45) is 2.28. The molecule has 0 amide bonds. The van der Waals surface area contributed by atoms with Gasteiger partial charge in [-0.1, -0.05) is 37.6 Å². The fourth-order valence-electron chi connectivity index (χ4n) is 1.95. The normalized spacial score (nSPS) is 12.5. The molecule has 5 heteroatoms. The monoisotopic (exact) mass is 307 g/mol. The molecule has 3 N–H and O–H groups in total. The molecule has 0 unspecified atom stereocenters. The minimum absolute atomic E-state index is 0.694. The molecule has 1 aromatic rings. The molecule has 22 heavy (non-hydrogen) atoms. The zero-order valence-electron chi connectivity index (χ0n) is 14.5. The van der Waals surface area contributed by atoms with Crippen LogP contribution in [0.25, 0.3) is 0 Å². The lowest BCUT2D eigenvalue weighted by atomic mass is 9.74. The van der Waals surface area contributed by atoms with Crippen LogP contribution in [0.15, 0.2) is 24.3 Å². The summed E-state index contributed by atoms with van der Waals surface area (Å²) >= 11 is 0. The van der Waals surface area contributed by atoms with Crippen molar-refractivity contribution >= 4 is 12.6 Å². The van der Waals surface area contributed by atoms with Crippen molar-refractivity contribution in [2.24, 2.45) is 0 Å². The molecular formula is C17H30BNO3. The van der Waals surface area contributed by atoms with Gasteiger partial charge in [-0.2, -0.15) is 0 Å². The number of nitrogens with one attached hydrogen (secondary N) is 1. The average Bonchev–Trinajstić information content (AvgIpc) is 2.42. The lowest BCUT2D eigenvalue weighted by molar-refractivity contribution is -0.0982. The van der Waals surface area contributed by atoms with E-state index < -0.39 is 18.3 Å². The molecule has 0 aliphatic heterocycles. The molecule has 1 aromatic carbocycles. The lowest BCUT2D eigenvalue weighted by Crippen LogP contribution is -2.53. The first kappa shape index (κ1) is 19.2. The van der Waals surface area contributed by atoms with Crippen LogP contribution in [0.2, 0.25) is 0 Å². The van der Waals surface area contributed by atoms with Crippen LogP contribution in [-0.4, -0.2) is 35.0 Å². The van der Waals surface area contributed by atoms with Crippen molar-refractivity contribution in [1.82, 2.24) is 5.32 Å². The van der Waals surface area contributed by atoms with Gasteiger partial charge in [0.15, 0.2) is 0 Å². The number of hydrogen-bond donors (Lipinski definition) is 3. The number of aliphatic hydroxyl groups is 1. The number of rotatable bonds is 9. The first-order chi connectivity index (χ1) is 10.2. The zero-order valence-corrected chi connectivity index (χ0v) is 14.5. The van der Waals surface area contributed by atoms with Gasteiger partial charge in [-0.05, 0) is 51.7 Å². The smallest absolute Gasteiger partial charge is 0.423 e. The highest BCUT2D eigenvalue weighted by Gasteiger charge is 2.39. The van der Waals surface area contributed by atoms with Crippen LogP contribution in [0.1, 0.15) is 53.0 Å². The number of unbranched alkanes of at least 4 members (excludes halogenated alkanes) is 1. The molecule has 0 bridgehead atoms. The zero-order chi connectivity index (χ0) is 16.8. The summed E-state index contributed by atoms with van der Waals surface area (Å²) in [6.45, 7) is 10.7. The van der Waals surface area contributed by atoms with Crippen molar-refractivity contribution in [1.29, 1.82) is 0 Å². The van der Waals surface area contributed by atoms with E-state index in [0.717, 1.165) is 30.4 Å². The second-order valence-electron chi connectivity index (χ2n) is 6.77. The third kappa shape index (κ3) is 5.40. The minimum Gasteiger partial charge on any atom is -0.423 e. The molecular weight excluding hydrogens is 277 g/mol. The summed E-state index contributed by atoms with van der Waals surface area (Å²) in [5.74, 6) is 0. The van der Waals surface area contributed by atoms with E-state index in [2.05, 4.69) is 12.2 Å². The van der Waals surface area contributed by atoms with Gasteiger partial charge in [-0.15, -0.1) is 0 Å². The van der Waals surface area contributed by atoms with Gasteiger partial charge >= 0.3 is 7.12 Å². The van der Waals surface area contributed by atoms with Gasteiger partial charge in [0.05, 0.1) is 11.2 Å². The van der Waals surface area contributed by atoms with Crippen molar-refractivity contribution in [2.75, 3.05) is 6.54 Å². The molecule has 0 spiro atoms. The predicted molar refractivity (Wildman–Crippen MR) is 92.1 cm³/mol. The van der Waals surface area contributed by atoms with Gasteiger partial charge < -0.3 is 20.1 Å². The van der Waals surface area contributed by atoms with E-state index in [-0.39, 0.29) is 0 Å². The largest absolute Gasteiger partial charge is 0.491 e. The fraction of sp³-hybridized carbons (Fsp3) is 0.647. The average molecular weight is 307 g/mol. The Bertz CT molecular complexity index is 457. The summed E-state index contributed by atoms with van der Waals surface area (Å²) in [7, 11) is -1.06. The maximum absolute atomic E-state index is 10.4. The van der Waals surface area contributed by atoms with E-state index in [9.17, 15) is 10.1 Å². The molecule has 0 fully saturated rings. The van der Waals surface area contributed by atoms with Crippen LogP contribution in [0.5, 0.6) is 0 Å². The Hall–Kier alpha value is -0.875. The van der Waals surface area contributed by atoms with Crippen LogP contribution >= 0.6 is 0 Å². The van der Waals surface area contributed by atoms with Crippen molar-refractivity contribution in [3.8, 4) is 0 Å². The second kappa shape index (κ2) is 8.11. The van der Waals surface area contributed by atoms with Crippen LogP contribution < -0.4 is 10.8 Å². The number of benzene rings is 1. The van der Waals surface area contributed by atoms with E-state index in [1.165, 1.54) is 0 Å². The van der Waals surface area contributed by atoms with Crippen molar-refractivity contribution in [2.45, 2.75) is 65.2 Å². The van der Waals surface area contributed by atoms with E-state index in [1.54, 1.807) is 27.7 Å². The first-order valence-electron chi connectivity index (χ1n) is 8.06. The van der Waals surface area contributed by atoms with Gasteiger partial charge in [-0.25, -0.2) is 0 Å². The van der Waals surface area contributed by atoms with Crippen LogP contribution in [0.3, 0.4) is 0 Å². The number of hydrogen-bond acceptors (Lipinski definition) is 4. The molecule has 0 heterocycles. The second-order valence-corrected chi connectivity index (χ2v) is 6.77. The first-order valence-corrected chi connectivity index (χ1v) is 8.06. The molecule has 0 saturated heterocycles. The highest BCUT2D eigenvalue weighted by Crippen LogP contribution is 2.25. The van der Waals surface area contributed by atoms with Crippen LogP contribution in [0, 0.1) is 0 Å². The fourth-order valence-corrected chi connectivity index (χ4v) is 1.95. The Morgan fingerprint density at radius 3 is 2.41 bits per heavy atom. The van der Waals surface area contributed by atoms with Gasteiger partial charge in [0.1, 0.15) is 0 Å². The summed E-state index contributed by atoms with van der Waals surface area (Å²) in [5.41, 5.74) is -0.168. The molecule has 0 aliphatic rings. The molecule has 0 aliphatic carbocycles. The third-order valence-electron chi connectivity index (χ3n) is 4.22. The van der Waals surface area contributed by atoms with Gasteiger partial charge in [0.25, 0.3) is 0 Å². The highest BCUT2D eigenvalue weighted by atomic mass is 16.5. The Morgan fingerprint density at radius 1 is 1.18 bits per heavy atom. The lowest BCUT2D eigenvalue weighted by Gasteiger charge is -2.38. The van der Waals surface area contributed by atoms with Crippen LogP contribution in [0.4, 0.5) is 0 Å². The predicted octanol–water partition coefficient (Wildman–Crippen LogP) is 1.83. The van der Waals surface area contributed by atoms with Crippen molar-refractivity contribution in [3.05, 3.63) is 29.8 Å². The SMILES string of the molecule is CCCCNCc1ccccc1B(O)OC(C)(C)C(C)(C)O. The summed E-state index contributed by atoms with van der Waals surface area (Å²) < 4.78 is 5.73. The molecule has 0 saturated carbocycles. The Balaban J connectivity index is 2.79. The molecule has 0 radical (unpaired) electrons. The summed E-state index contributed by atoms with van der Waals surface area (Å²) in [6, 6.07) is 7.68. The maximum Gasteiger partial charge on any atom is 0.491 e. The van der Waals surface area contributed by atoms with E-state index in [1.807, 2.05) is 24.3 Å².